The average molecular weight is 205 g/mol. The highest BCUT2D eigenvalue weighted by Gasteiger charge is 2.01. The topological polar surface area (TPSA) is 60.9 Å². The molecule has 0 saturated carbocycles. The predicted octanol–water partition coefficient (Wildman–Crippen LogP) is 1.03. The molecule has 2 aromatic rings. The quantitative estimate of drug-likeness (QED) is 0.639. The van der Waals surface area contributed by atoms with Gasteiger partial charge in [-0.15, -0.1) is 0 Å². The van der Waals surface area contributed by atoms with Crippen molar-refractivity contribution in [3.8, 4) is 0 Å². The van der Waals surface area contributed by atoms with E-state index in [0.717, 1.165) is 30.5 Å². The van der Waals surface area contributed by atoms with Gasteiger partial charge in [0.15, 0.2) is 0 Å². The van der Waals surface area contributed by atoms with Crippen LogP contribution in [0.1, 0.15) is 12.0 Å². The van der Waals surface area contributed by atoms with Crippen molar-refractivity contribution < 1.29 is 5.11 Å². The molecule has 0 aliphatic rings. The van der Waals surface area contributed by atoms with Crippen molar-refractivity contribution in [2.24, 2.45) is 0 Å². The number of hydrogen-bond donors (Lipinski definition) is 3. The summed E-state index contributed by atoms with van der Waals surface area (Å²) in [6.45, 7) is 1.89. The summed E-state index contributed by atoms with van der Waals surface area (Å²) >= 11 is 0. The second kappa shape index (κ2) is 4.91. The Labute approximate surface area is 88.3 Å². The fourth-order valence-electron chi connectivity index (χ4n) is 1.60. The number of aromatic nitrogens is 2. The van der Waals surface area contributed by atoms with Crippen molar-refractivity contribution >= 4 is 11.0 Å². The van der Waals surface area contributed by atoms with Crippen molar-refractivity contribution in [1.29, 1.82) is 0 Å². The van der Waals surface area contributed by atoms with Gasteiger partial charge in [-0.25, -0.2) is 4.98 Å². The zero-order chi connectivity index (χ0) is 10.5. The molecular formula is C11H15N3O. The zero-order valence-corrected chi connectivity index (χ0v) is 8.53. The number of pyridine rings is 1. The van der Waals surface area contributed by atoms with Crippen LogP contribution in [0.2, 0.25) is 0 Å². The van der Waals surface area contributed by atoms with Crippen LogP contribution in [0.4, 0.5) is 0 Å². The summed E-state index contributed by atoms with van der Waals surface area (Å²) in [7, 11) is 0. The molecule has 0 aromatic carbocycles. The van der Waals surface area contributed by atoms with Crippen LogP contribution in [-0.4, -0.2) is 28.2 Å². The van der Waals surface area contributed by atoms with E-state index in [2.05, 4.69) is 15.3 Å². The zero-order valence-electron chi connectivity index (χ0n) is 8.53. The molecule has 80 valence electrons. The number of aliphatic hydroxyl groups excluding tert-OH is 1. The second-order valence-electron chi connectivity index (χ2n) is 3.46. The molecule has 0 atom stereocenters. The van der Waals surface area contributed by atoms with E-state index in [1.54, 1.807) is 0 Å². The van der Waals surface area contributed by atoms with Crippen molar-refractivity contribution in [2.75, 3.05) is 13.2 Å². The van der Waals surface area contributed by atoms with Crippen molar-refractivity contribution in [1.82, 2.24) is 15.3 Å². The third-order valence-corrected chi connectivity index (χ3v) is 2.38. The second-order valence-corrected chi connectivity index (χ2v) is 3.46. The van der Waals surface area contributed by atoms with Gasteiger partial charge in [0.2, 0.25) is 0 Å². The highest BCUT2D eigenvalue weighted by atomic mass is 16.3. The lowest BCUT2D eigenvalue weighted by molar-refractivity contribution is 0.286. The van der Waals surface area contributed by atoms with Gasteiger partial charge in [-0.2, -0.15) is 0 Å². The highest BCUT2D eigenvalue weighted by Crippen LogP contribution is 2.14. The van der Waals surface area contributed by atoms with Gasteiger partial charge in [0.1, 0.15) is 5.65 Å². The molecule has 0 amide bonds. The van der Waals surface area contributed by atoms with Crippen molar-refractivity contribution in [3.05, 3.63) is 30.1 Å². The maximum Gasteiger partial charge on any atom is 0.137 e. The Hall–Kier alpha value is -1.39. The monoisotopic (exact) mass is 205 g/mol. The van der Waals surface area contributed by atoms with Crippen LogP contribution in [-0.2, 0) is 6.54 Å². The Balaban J connectivity index is 2.04. The lowest BCUT2D eigenvalue weighted by Crippen LogP contribution is -2.15. The fraction of sp³-hybridized carbons (Fsp3) is 0.364. The molecular weight excluding hydrogens is 190 g/mol. The molecule has 15 heavy (non-hydrogen) atoms. The van der Waals surface area contributed by atoms with Gasteiger partial charge < -0.3 is 15.4 Å². The Morgan fingerprint density at radius 1 is 1.40 bits per heavy atom. The van der Waals surface area contributed by atoms with Crippen LogP contribution in [0.25, 0.3) is 11.0 Å². The standard InChI is InChI=1S/C11H15N3O/c15-7-1-4-12-8-9-2-5-13-11-10(9)3-6-14-11/h2-3,5-6,12,15H,1,4,7-8H2,(H,13,14). The number of fused-ring (bicyclic) bond motifs is 1. The lowest BCUT2D eigenvalue weighted by atomic mass is 10.2. The molecule has 0 bridgehead atoms. The van der Waals surface area contributed by atoms with Gasteiger partial charge in [0, 0.05) is 30.9 Å². The molecule has 0 radical (unpaired) electrons. The first-order valence-electron chi connectivity index (χ1n) is 5.14. The maximum atomic E-state index is 8.65. The molecule has 3 N–H and O–H groups in total. The number of H-pyrrole nitrogens is 1. The molecule has 2 rings (SSSR count). The van der Waals surface area contributed by atoms with Crippen LogP contribution < -0.4 is 5.32 Å². The smallest absolute Gasteiger partial charge is 0.137 e. The van der Waals surface area contributed by atoms with Gasteiger partial charge in [-0.3, -0.25) is 0 Å². The van der Waals surface area contributed by atoms with Gasteiger partial charge in [-0.05, 0) is 30.7 Å². The van der Waals surface area contributed by atoms with E-state index in [1.807, 2.05) is 24.5 Å². The summed E-state index contributed by atoms with van der Waals surface area (Å²) in [6.07, 6.45) is 4.50. The molecule has 0 aliphatic carbocycles. The summed E-state index contributed by atoms with van der Waals surface area (Å²) in [6, 6.07) is 4.05. The Kier molecular flexibility index (Phi) is 3.32. The van der Waals surface area contributed by atoms with E-state index in [1.165, 1.54) is 5.56 Å². The molecule has 2 heterocycles. The van der Waals surface area contributed by atoms with E-state index in [9.17, 15) is 0 Å². The first-order valence-corrected chi connectivity index (χ1v) is 5.14. The first kappa shape index (κ1) is 10.1. The normalized spacial score (nSPS) is 11.0. The number of hydrogen-bond acceptors (Lipinski definition) is 3. The average Bonchev–Trinajstić information content (AvgIpc) is 2.73. The number of nitrogens with one attached hydrogen (secondary N) is 2. The molecule has 0 unspecified atom stereocenters. The minimum atomic E-state index is 0.239. The molecule has 0 aliphatic heterocycles. The van der Waals surface area contributed by atoms with Crippen LogP contribution >= 0.6 is 0 Å². The minimum absolute atomic E-state index is 0.239. The van der Waals surface area contributed by atoms with E-state index < -0.39 is 0 Å². The summed E-state index contributed by atoms with van der Waals surface area (Å²) < 4.78 is 0. The summed E-state index contributed by atoms with van der Waals surface area (Å²) in [5.41, 5.74) is 2.16. The third-order valence-electron chi connectivity index (χ3n) is 2.38. The third kappa shape index (κ3) is 2.34. The Morgan fingerprint density at radius 2 is 2.33 bits per heavy atom. The van der Waals surface area contributed by atoms with Crippen LogP contribution in [0, 0.1) is 0 Å². The van der Waals surface area contributed by atoms with Crippen molar-refractivity contribution in [2.45, 2.75) is 13.0 Å². The number of aliphatic hydroxyl groups is 1. The van der Waals surface area contributed by atoms with Gasteiger partial charge >= 0.3 is 0 Å². The van der Waals surface area contributed by atoms with Crippen molar-refractivity contribution in [3.63, 3.8) is 0 Å². The molecule has 0 spiro atoms. The number of rotatable bonds is 5. The number of nitrogens with zero attached hydrogens (tertiary/aromatic N) is 1. The van der Waals surface area contributed by atoms with Crippen LogP contribution in [0.15, 0.2) is 24.5 Å². The Bertz CT molecular complexity index is 424. The Morgan fingerprint density at radius 3 is 3.20 bits per heavy atom. The first-order chi connectivity index (χ1) is 7.42. The molecule has 0 fully saturated rings. The van der Waals surface area contributed by atoms with Gasteiger partial charge in [0.05, 0.1) is 0 Å². The summed E-state index contributed by atoms with van der Waals surface area (Å²) in [4.78, 5) is 7.31. The SMILES string of the molecule is OCCCNCc1ccnc2[nH]ccc12. The van der Waals surface area contributed by atoms with Gasteiger partial charge in [-0.1, -0.05) is 0 Å². The van der Waals surface area contributed by atoms with Gasteiger partial charge in [0.25, 0.3) is 0 Å². The van der Waals surface area contributed by atoms with Crippen LogP contribution in [0.5, 0.6) is 0 Å². The largest absolute Gasteiger partial charge is 0.396 e. The van der Waals surface area contributed by atoms with E-state index in [4.69, 9.17) is 5.11 Å². The van der Waals surface area contributed by atoms with E-state index in [-0.39, 0.29) is 6.61 Å². The van der Waals surface area contributed by atoms with E-state index in [0.29, 0.717) is 0 Å². The maximum absolute atomic E-state index is 8.65. The number of aromatic amines is 1. The summed E-state index contributed by atoms with van der Waals surface area (Å²) in [5, 5.41) is 13.1. The van der Waals surface area contributed by atoms with Crippen LogP contribution in [0.3, 0.4) is 0 Å². The highest BCUT2D eigenvalue weighted by molar-refractivity contribution is 5.79. The molecule has 0 saturated heterocycles. The minimum Gasteiger partial charge on any atom is -0.396 e. The summed E-state index contributed by atoms with van der Waals surface area (Å²) in [5.74, 6) is 0. The van der Waals surface area contributed by atoms with E-state index >= 15 is 0 Å². The molecule has 4 heteroatoms. The lowest BCUT2D eigenvalue weighted by Gasteiger charge is -2.04. The molecule has 4 nitrogen and oxygen atoms in total. The fourth-order valence-corrected chi connectivity index (χ4v) is 1.60. The predicted molar refractivity (Wildman–Crippen MR) is 59.5 cm³/mol. The molecule has 2 aromatic heterocycles.